The molecule has 0 atom stereocenters. The predicted octanol–water partition coefficient (Wildman–Crippen LogP) is 3.62. The number of anilines is 2. The fourth-order valence-corrected chi connectivity index (χ4v) is 5.90. The summed E-state index contributed by atoms with van der Waals surface area (Å²) in [6, 6.07) is 10.7. The number of hydrogen-bond acceptors (Lipinski definition) is 7. The van der Waals surface area contributed by atoms with Gasteiger partial charge >= 0.3 is 11.7 Å². The van der Waals surface area contributed by atoms with E-state index < -0.39 is 27.3 Å². The number of nitrogens with zero attached hydrogens (tertiary/aromatic N) is 2. The normalized spacial score (nSPS) is 11.4. The molecule has 0 saturated heterocycles. The topological polar surface area (TPSA) is 133 Å². The Bertz CT molecular complexity index is 1690. The van der Waals surface area contributed by atoms with Gasteiger partial charge in [0, 0.05) is 25.5 Å². The van der Waals surface area contributed by atoms with Gasteiger partial charge in [-0.2, -0.15) is 0 Å². The number of fused-ring (bicyclic) bond motifs is 1. The molecule has 0 unspecified atom stereocenters. The number of aromatic amines is 1. The van der Waals surface area contributed by atoms with Gasteiger partial charge in [-0.05, 0) is 48.5 Å². The Balaban J connectivity index is 1.62. The van der Waals surface area contributed by atoms with Gasteiger partial charge in [-0.3, -0.25) is 4.79 Å². The maximum Gasteiger partial charge on any atom is 0.333 e. The van der Waals surface area contributed by atoms with Crippen LogP contribution in [0.2, 0.25) is 9.36 Å². The van der Waals surface area contributed by atoms with Gasteiger partial charge in [-0.15, -0.1) is 11.3 Å². The highest BCUT2D eigenvalue weighted by Crippen LogP contribution is 2.26. The van der Waals surface area contributed by atoms with Gasteiger partial charge in [0.1, 0.15) is 4.21 Å². The van der Waals surface area contributed by atoms with Gasteiger partial charge in [-0.25, -0.2) is 27.3 Å². The monoisotopic (exact) mass is 553 g/mol. The molecule has 14 heteroatoms. The Hall–Kier alpha value is -3.32. The van der Waals surface area contributed by atoms with E-state index in [4.69, 9.17) is 23.2 Å². The molecule has 10 nitrogen and oxygen atoms in total. The first-order valence-corrected chi connectivity index (χ1v) is 12.9. The van der Waals surface area contributed by atoms with Gasteiger partial charge < -0.3 is 15.2 Å². The zero-order valence-corrected chi connectivity index (χ0v) is 21.3. The van der Waals surface area contributed by atoms with Crippen LogP contribution >= 0.6 is 34.5 Å². The molecule has 0 fully saturated rings. The smallest absolute Gasteiger partial charge is 0.333 e. The maximum absolute atomic E-state index is 13.1. The van der Waals surface area contributed by atoms with Crippen LogP contribution in [0.3, 0.4) is 0 Å². The molecule has 182 valence electrons. The number of rotatable bonds is 5. The quantitative estimate of drug-likeness (QED) is 0.345. The van der Waals surface area contributed by atoms with Crippen LogP contribution in [0, 0.1) is 0 Å². The number of urea groups is 1. The van der Waals surface area contributed by atoms with E-state index in [0.29, 0.717) is 5.52 Å². The minimum absolute atomic E-state index is 0.0208. The Morgan fingerprint density at radius 2 is 1.80 bits per heavy atom. The highest BCUT2D eigenvalue weighted by molar-refractivity contribution is 7.92. The first-order valence-electron chi connectivity index (χ1n) is 9.82. The number of carbonyl (C=O) groups is 1. The van der Waals surface area contributed by atoms with Crippen LogP contribution in [0.15, 0.2) is 62.3 Å². The van der Waals surface area contributed by atoms with E-state index in [1.165, 1.54) is 30.3 Å². The van der Waals surface area contributed by atoms with Crippen LogP contribution < -0.4 is 26.2 Å². The molecule has 4 rings (SSSR count). The summed E-state index contributed by atoms with van der Waals surface area (Å²) in [4.78, 5) is 42.5. The first kappa shape index (κ1) is 24.8. The molecule has 2 amide bonds. The van der Waals surface area contributed by atoms with Crippen LogP contribution in [0.1, 0.15) is 0 Å². The van der Waals surface area contributed by atoms with Crippen molar-refractivity contribution in [2.24, 2.45) is 0 Å². The summed E-state index contributed by atoms with van der Waals surface area (Å²) in [5.41, 5.74) is 0.137. The molecule has 2 heterocycles. The second kappa shape index (κ2) is 9.38. The van der Waals surface area contributed by atoms with Crippen molar-refractivity contribution in [2.45, 2.75) is 4.21 Å². The number of amides is 2. The third-order valence-electron chi connectivity index (χ3n) is 4.88. The molecule has 0 aliphatic rings. The molecule has 2 aromatic heterocycles. The summed E-state index contributed by atoms with van der Waals surface area (Å²) in [6.45, 7) is 0. The molecule has 4 aromatic rings. The van der Waals surface area contributed by atoms with Crippen molar-refractivity contribution in [3.8, 4) is 5.69 Å². The largest absolute Gasteiger partial charge is 0.378 e. The van der Waals surface area contributed by atoms with Gasteiger partial charge in [0.05, 0.1) is 25.9 Å². The lowest BCUT2D eigenvalue weighted by atomic mass is 10.2. The summed E-state index contributed by atoms with van der Waals surface area (Å²) < 4.78 is 27.4. The number of thiophene rings is 1. The van der Waals surface area contributed by atoms with Gasteiger partial charge in [0.2, 0.25) is 0 Å². The van der Waals surface area contributed by atoms with Crippen LogP contribution in [0.4, 0.5) is 16.2 Å². The van der Waals surface area contributed by atoms with E-state index in [0.717, 1.165) is 21.6 Å². The fraction of sp³-hybridized carbons (Fsp3) is 0.0952. The highest BCUT2D eigenvalue weighted by Gasteiger charge is 2.20. The summed E-state index contributed by atoms with van der Waals surface area (Å²) in [6.07, 6.45) is 0. The van der Waals surface area contributed by atoms with Crippen molar-refractivity contribution in [2.75, 3.05) is 24.3 Å². The summed E-state index contributed by atoms with van der Waals surface area (Å²) in [5.74, 6) is 0. The van der Waals surface area contributed by atoms with E-state index >= 15 is 0 Å². The van der Waals surface area contributed by atoms with E-state index in [1.54, 1.807) is 18.2 Å². The van der Waals surface area contributed by atoms with E-state index in [9.17, 15) is 22.8 Å². The molecule has 0 aliphatic heterocycles. The van der Waals surface area contributed by atoms with Crippen molar-refractivity contribution in [1.29, 1.82) is 0 Å². The predicted molar refractivity (Wildman–Crippen MR) is 138 cm³/mol. The Morgan fingerprint density at radius 1 is 1.06 bits per heavy atom. The lowest BCUT2D eigenvalue weighted by Gasteiger charge is -2.14. The summed E-state index contributed by atoms with van der Waals surface area (Å²) >= 11 is 12.9. The second-order valence-electron chi connectivity index (χ2n) is 7.48. The number of sulfonamides is 1. The van der Waals surface area contributed by atoms with Crippen molar-refractivity contribution < 1.29 is 13.2 Å². The average molecular weight is 554 g/mol. The maximum atomic E-state index is 13.1. The standard InChI is InChI=1S/C21H17Cl2N5O5S2/c1-27(2)12-4-5-13-15(10-12)25-21(31)28(19(13)29)16-6-3-11(9-14(16)22)24-20(30)26-35(32,33)18-8-7-17(23)34-18/h3-10H,1-2H3,(H,25,31)(H2,24,26,30). The Labute approximate surface area is 212 Å². The first-order chi connectivity index (χ1) is 16.5. The molecule has 0 saturated carbocycles. The molecular formula is C21H17Cl2N5O5S2. The van der Waals surface area contributed by atoms with Gasteiger partial charge in [-0.1, -0.05) is 23.2 Å². The average Bonchev–Trinajstić information content (AvgIpc) is 3.21. The lowest BCUT2D eigenvalue weighted by molar-refractivity contribution is 0.256. The summed E-state index contributed by atoms with van der Waals surface area (Å²) in [7, 11) is -0.442. The second-order valence-corrected chi connectivity index (χ2v) is 11.5. The van der Waals surface area contributed by atoms with Crippen LogP contribution in [0.5, 0.6) is 0 Å². The number of halogens is 2. The van der Waals surface area contributed by atoms with Crippen LogP contribution in [0.25, 0.3) is 16.6 Å². The van der Waals surface area contributed by atoms with E-state index in [1.807, 2.05) is 23.7 Å². The number of H-pyrrole nitrogens is 1. The molecule has 0 bridgehead atoms. The third kappa shape index (κ3) is 5.05. The molecule has 0 radical (unpaired) electrons. The van der Waals surface area contributed by atoms with Crippen molar-refractivity contribution in [3.63, 3.8) is 0 Å². The zero-order chi connectivity index (χ0) is 25.5. The fourth-order valence-electron chi connectivity index (χ4n) is 3.24. The number of carbonyl (C=O) groups excluding carboxylic acids is 1. The van der Waals surface area contributed by atoms with E-state index in [2.05, 4.69) is 10.3 Å². The molecule has 0 aliphatic carbocycles. The third-order valence-corrected chi connectivity index (χ3v) is 8.24. The molecular weight excluding hydrogens is 537 g/mol. The number of aromatic nitrogens is 2. The number of benzene rings is 2. The SMILES string of the molecule is CN(C)c1ccc2c(=O)n(-c3ccc(NC(=O)NS(=O)(=O)c4ccc(Cl)s4)cc3Cl)c(=O)[nH]c2c1. The molecule has 3 N–H and O–H groups in total. The lowest BCUT2D eigenvalue weighted by Crippen LogP contribution is -2.34. The van der Waals surface area contributed by atoms with Crippen LogP contribution in [-0.2, 0) is 10.0 Å². The Morgan fingerprint density at radius 3 is 2.43 bits per heavy atom. The minimum Gasteiger partial charge on any atom is -0.378 e. The minimum atomic E-state index is -4.12. The van der Waals surface area contributed by atoms with Crippen LogP contribution in [-0.4, -0.2) is 38.1 Å². The van der Waals surface area contributed by atoms with E-state index in [-0.39, 0.29) is 30.3 Å². The molecule has 2 aromatic carbocycles. The Kier molecular flexibility index (Phi) is 6.64. The number of hydrogen-bond donors (Lipinski definition) is 3. The zero-order valence-electron chi connectivity index (χ0n) is 18.1. The van der Waals surface area contributed by atoms with Crippen molar-refractivity contribution in [1.82, 2.24) is 14.3 Å². The van der Waals surface area contributed by atoms with Crippen molar-refractivity contribution in [3.05, 3.63) is 78.7 Å². The summed E-state index contributed by atoms with van der Waals surface area (Å²) in [5, 5.41) is 2.61. The highest BCUT2D eigenvalue weighted by atomic mass is 35.5. The number of nitrogens with one attached hydrogen (secondary N) is 3. The van der Waals surface area contributed by atoms with Gasteiger partial charge in [0.25, 0.3) is 15.6 Å². The molecule has 35 heavy (non-hydrogen) atoms. The van der Waals surface area contributed by atoms with Gasteiger partial charge in [0.15, 0.2) is 0 Å². The molecule has 0 spiro atoms. The van der Waals surface area contributed by atoms with Crippen molar-refractivity contribution >= 4 is 72.9 Å².